The zero-order chi connectivity index (χ0) is 16.9. The number of aliphatic hydroxyl groups is 1. The molecule has 1 aromatic heterocycles. The molecule has 1 aromatic carbocycles. The second kappa shape index (κ2) is 7.19. The fraction of sp³-hybridized carbons (Fsp3) is 0.353. The maximum Gasteiger partial charge on any atom is 0.292 e. The van der Waals surface area contributed by atoms with E-state index in [0.29, 0.717) is 12.8 Å². The van der Waals surface area contributed by atoms with Crippen LogP contribution in [0.5, 0.6) is 0 Å². The number of rotatable bonds is 7. The number of carbonyl (C=O) groups excluding carboxylic acids is 2. The second-order valence-electron chi connectivity index (χ2n) is 5.45. The molecule has 2 aromatic rings. The third-order valence-corrected chi connectivity index (χ3v) is 3.97. The zero-order valence-corrected chi connectivity index (χ0v) is 13.3. The Hall–Kier alpha value is -2.47. The molecule has 122 valence electrons. The number of hydrogen-bond acceptors (Lipinski definition) is 4. The van der Waals surface area contributed by atoms with Crippen molar-refractivity contribution in [2.45, 2.75) is 32.3 Å². The summed E-state index contributed by atoms with van der Waals surface area (Å²) in [5.74, 6) is -1.40. The minimum absolute atomic E-state index is 0.0530. The molecule has 0 radical (unpaired) electrons. The molecule has 0 saturated heterocycles. The van der Waals surface area contributed by atoms with Crippen LogP contribution in [0.15, 0.2) is 42.7 Å². The smallest absolute Gasteiger partial charge is 0.292 e. The predicted molar refractivity (Wildman–Crippen MR) is 86.4 cm³/mol. The number of hydrogen-bond donors (Lipinski definition) is 2. The zero-order valence-electron chi connectivity index (χ0n) is 13.3. The van der Waals surface area contributed by atoms with E-state index in [1.165, 1.54) is 17.1 Å². The van der Waals surface area contributed by atoms with E-state index >= 15 is 0 Å². The summed E-state index contributed by atoms with van der Waals surface area (Å²) in [4.78, 5) is 24.1. The lowest BCUT2D eigenvalue weighted by Crippen LogP contribution is -2.44. The molecule has 2 rings (SSSR count). The van der Waals surface area contributed by atoms with Crippen molar-refractivity contribution >= 4 is 11.7 Å². The summed E-state index contributed by atoms with van der Waals surface area (Å²) in [5, 5.41) is 16.7. The predicted octanol–water partition coefficient (Wildman–Crippen LogP) is 1.72. The van der Waals surface area contributed by atoms with Crippen molar-refractivity contribution in [3.8, 4) is 5.69 Å². The Kier molecular flexibility index (Phi) is 5.28. The van der Waals surface area contributed by atoms with Crippen LogP contribution >= 0.6 is 0 Å². The minimum atomic E-state index is -0.982. The number of aromatic nitrogens is 2. The molecule has 0 aliphatic rings. The summed E-state index contributed by atoms with van der Waals surface area (Å²) >= 11 is 0. The van der Waals surface area contributed by atoms with Gasteiger partial charge in [-0.2, -0.15) is 5.10 Å². The van der Waals surface area contributed by atoms with E-state index in [-0.39, 0.29) is 12.1 Å². The van der Waals surface area contributed by atoms with Crippen molar-refractivity contribution in [1.82, 2.24) is 15.1 Å². The van der Waals surface area contributed by atoms with Gasteiger partial charge in [0.2, 0.25) is 0 Å². The van der Waals surface area contributed by atoms with Crippen LogP contribution in [0.25, 0.3) is 5.69 Å². The van der Waals surface area contributed by atoms with E-state index in [1.807, 2.05) is 44.2 Å². The molecule has 0 spiro atoms. The molecule has 0 fully saturated rings. The lowest BCUT2D eigenvalue weighted by atomic mass is 9.97. The highest BCUT2D eigenvalue weighted by Crippen LogP contribution is 2.13. The molecule has 0 aliphatic heterocycles. The lowest BCUT2D eigenvalue weighted by molar-refractivity contribution is -0.118. The SMILES string of the molecule is CCC(O)(CC)CNC(=O)C(=O)c1cnn(-c2ccccc2)c1. The molecule has 1 heterocycles. The number of benzene rings is 1. The Balaban J connectivity index is 2.03. The van der Waals surface area contributed by atoms with Crippen LogP contribution in [0, 0.1) is 0 Å². The highest BCUT2D eigenvalue weighted by atomic mass is 16.3. The molecule has 0 bridgehead atoms. The van der Waals surface area contributed by atoms with Crippen molar-refractivity contribution in [1.29, 1.82) is 0 Å². The van der Waals surface area contributed by atoms with Crippen LogP contribution in [0.2, 0.25) is 0 Å². The summed E-state index contributed by atoms with van der Waals surface area (Å²) in [5.41, 5.74) is 0.0330. The van der Waals surface area contributed by atoms with E-state index in [0.717, 1.165) is 5.69 Å². The van der Waals surface area contributed by atoms with Crippen LogP contribution in [-0.2, 0) is 4.79 Å². The molecule has 0 aliphatic carbocycles. The maximum absolute atomic E-state index is 12.1. The summed E-state index contributed by atoms with van der Waals surface area (Å²) in [6.45, 7) is 3.72. The summed E-state index contributed by atoms with van der Waals surface area (Å²) in [7, 11) is 0. The number of nitrogens with zero attached hydrogens (tertiary/aromatic N) is 2. The minimum Gasteiger partial charge on any atom is -0.388 e. The van der Waals surface area contributed by atoms with E-state index in [9.17, 15) is 14.7 Å². The van der Waals surface area contributed by atoms with Crippen molar-refractivity contribution in [3.63, 3.8) is 0 Å². The third-order valence-electron chi connectivity index (χ3n) is 3.97. The van der Waals surface area contributed by atoms with Gasteiger partial charge in [-0.3, -0.25) is 9.59 Å². The van der Waals surface area contributed by atoms with Crippen molar-refractivity contribution in [2.24, 2.45) is 0 Å². The molecule has 6 nitrogen and oxygen atoms in total. The molecular formula is C17H21N3O3. The van der Waals surface area contributed by atoms with Crippen molar-refractivity contribution < 1.29 is 14.7 Å². The number of nitrogens with one attached hydrogen (secondary N) is 1. The molecule has 0 atom stereocenters. The van der Waals surface area contributed by atoms with Gasteiger partial charge in [0.25, 0.3) is 11.7 Å². The normalized spacial score (nSPS) is 11.3. The van der Waals surface area contributed by atoms with E-state index in [1.54, 1.807) is 0 Å². The van der Waals surface area contributed by atoms with Gasteiger partial charge in [0.1, 0.15) is 0 Å². The van der Waals surface area contributed by atoms with Gasteiger partial charge in [0.05, 0.1) is 23.0 Å². The van der Waals surface area contributed by atoms with Gasteiger partial charge in [-0.05, 0) is 25.0 Å². The quantitative estimate of drug-likeness (QED) is 0.602. The first kappa shape index (κ1) is 16.9. The Morgan fingerprint density at radius 3 is 2.48 bits per heavy atom. The number of amides is 1. The Labute approximate surface area is 135 Å². The monoisotopic (exact) mass is 315 g/mol. The van der Waals surface area contributed by atoms with Crippen LogP contribution in [0.3, 0.4) is 0 Å². The van der Waals surface area contributed by atoms with Crippen molar-refractivity contribution in [3.05, 3.63) is 48.3 Å². The van der Waals surface area contributed by atoms with Crippen molar-refractivity contribution in [2.75, 3.05) is 6.54 Å². The number of para-hydroxylation sites is 1. The summed E-state index contributed by atoms with van der Waals surface area (Å²) < 4.78 is 1.54. The first-order chi connectivity index (χ1) is 11.0. The van der Waals surface area contributed by atoms with Crippen LogP contribution in [0.4, 0.5) is 0 Å². The highest BCUT2D eigenvalue weighted by Gasteiger charge is 2.25. The molecule has 0 saturated carbocycles. The fourth-order valence-electron chi connectivity index (χ4n) is 2.12. The lowest BCUT2D eigenvalue weighted by Gasteiger charge is -2.25. The topological polar surface area (TPSA) is 84.2 Å². The number of ketones is 1. The molecule has 6 heteroatoms. The van der Waals surface area contributed by atoms with E-state index in [4.69, 9.17) is 0 Å². The number of Topliss-reactive ketones (excluding diaryl/α,β-unsaturated/α-hetero) is 1. The Morgan fingerprint density at radius 2 is 1.87 bits per heavy atom. The van der Waals surface area contributed by atoms with Gasteiger partial charge in [0.15, 0.2) is 0 Å². The Morgan fingerprint density at radius 1 is 1.22 bits per heavy atom. The third kappa shape index (κ3) is 4.04. The molecule has 2 N–H and O–H groups in total. The molecule has 23 heavy (non-hydrogen) atoms. The van der Waals surface area contributed by atoms with E-state index in [2.05, 4.69) is 10.4 Å². The summed E-state index contributed by atoms with van der Waals surface area (Å²) in [6.07, 6.45) is 3.89. The molecule has 0 unspecified atom stereocenters. The maximum atomic E-state index is 12.1. The standard InChI is InChI=1S/C17H21N3O3/c1-3-17(23,4-2)12-18-16(22)15(21)13-10-19-20(11-13)14-8-6-5-7-9-14/h5-11,23H,3-4,12H2,1-2H3,(H,18,22). The fourth-order valence-corrected chi connectivity index (χ4v) is 2.12. The highest BCUT2D eigenvalue weighted by molar-refractivity contribution is 6.42. The van der Waals surface area contributed by atoms with Gasteiger partial charge in [-0.1, -0.05) is 32.0 Å². The van der Waals surface area contributed by atoms with E-state index < -0.39 is 17.3 Å². The molecular weight excluding hydrogens is 294 g/mol. The summed E-state index contributed by atoms with van der Waals surface area (Å²) in [6, 6.07) is 9.31. The van der Waals surface area contributed by atoms with Gasteiger partial charge < -0.3 is 10.4 Å². The average Bonchev–Trinajstić information content (AvgIpc) is 3.09. The van der Waals surface area contributed by atoms with Crippen LogP contribution in [-0.4, -0.2) is 38.7 Å². The average molecular weight is 315 g/mol. The Bertz CT molecular complexity index is 675. The van der Waals surface area contributed by atoms with Gasteiger partial charge in [-0.15, -0.1) is 0 Å². The van der Waals surface area contributed by atoms with Gasteiger partial charge in [-0.25, -0.2) is 4.68 Å². The second-order valence-corrected chi connectivity index (χ2v) is 5.45. The van der Waals surface area contributed by atoms with Gasteiger partial charge >= 0.3 is 0 Å². The van der Waals surface area contributed by atoms with Gasteiger partial charge in [0, 0.05) is 12.7 Å². The first-order valence-corrected chi connectivity index (χ1v) is 7.64. The largest absolute Gasteiger partial charge is 0.388 e. The first-order valence-electron chi connectivity index (χ1n) is 7.64. The number of carbonyl (C=O) groups is 2. The molecule has 1 amide bonds. The van der Waals surface area contributed by atoms with Crippen LogP contribution < -0.4 is 5.32 Å². The van der Waals surface area contributed by atoms with Crippen LogP contribution in [0.1, 0.15) is 37.0 Å².